The molecule has 114 valence electrons. The van der Waals surface area contributed by atoms with Crippen molar-refractivity contribution >= 4 is 37.1 Å². The molecule has 0 aromatic heterocycles. The van der Waals surface area contributed by atoms with Gasteiger partial charge in [-0.25, -0.2) is 16.8 Å². The molecule has 0 radical (unpaired) electrons. The number of sulfone groups is 1. The van der Waals surface area contributed by atoms with Crippen LogP contribution in [0.1, 0.15) is 12.0 Å². The van der Waals surface area contributed by atoms with Gasteiger partial charge in [-0.3, -0.25) is 4.72 Å². The van der Waals surface area contributed by atoms with E-state index >= 15 is 0 Å². The van der Waals surface area contributed by atoms with Gasteiger partial charge in [-0.1, -0.05) is 12.1 Å². The van der Waals surface area contributed by atoms with Gasteiger partial charge >= 0.3 is 0 Å². The van der Waals surface area contributed by atoms with Crippen LogP contribution in [0.2, 0.25) is 0 Å². The van der Waals surface area contributed by atoms with Crippen LogP contribution in [0.15, 0.2) is 24.3 Å². The first-order chi connectivity index (χ1) is 9.22. The van der Waals surface area contributed by atoms with Crippen molar-refractivity contribution in [1.82, 2.24) is 0 Å². The predicted molar refractivity (Wildman–Crippen MR) is 82.6 cm³/mol. The second-order valence-electron chi connectivity index (χ2n) is 4.54. The minimum atomic E-state index is -3.66. The van der Waals surface area contributed by atoms with E-state index in [1.165, 1.54) is 0 Å². The Morgan fingerprint density at radius 3 is 2.45 bits per heavy atom. The van der Waals surface area contributed by atoms with Gasteiger partial charge in [-0.05, 0) is 30.5 Å². The Morgan fingerprint density at radius 1 is 1.15 bits per heavy atom. The lowest BCUT2D eigenvalue weighted by Gasteiger charge is -2.09. The van der Waals surface area contributed by atoms with Crippen LogP contribution in [0.25, 0.3) is 0 Å². The Balaban J connectivity index is 2.72. The molecule has 0 aliphatic rings. The second kappa shape index (κ2) is 7.28. The number of alkyl halides is 1. The average molecular weight is 340 g/mol. The fourth-order valence-corrected chi connectivity index (χ4v) is 4.36. The third-order valence-corrected chi connectivity index (χ3v) is 5.28. The number of sulfonamides is 1. The molecule has 1 rings (SSSR count). The van der Waals surface area contributed by atoms with Gasteiger partial charge in [0.2, 0.25) is 10.0 Å². The topological polar surface area (TPSA) is 80.3 Å². The monoisotopic (exact) mass is 339 g/mol. The lowest BCUT2D eigenvalue weighted by molar-refractivity contribution is 0.593. The molecular formula is C12H18ClNO4S2. The van der Waals surface area contributed by atoms with Crippen molar-refractivity contribution < 1.29 is 16.8 Å². The summed E-state index contributed by atoms with van der Waals surface area (Å²) in [6, 6.07) is 6.99. The molecule has 0 saturated carbocycles. The van der Waals surface area contributed by atoms with Crippen molar-refractivity contribution in [2.24, 2.45) is 0 Å². The number of rotatable bonds is 8. The van der Waals surface area contributed by atoms with Crippen molar-refractivity contribution in [3.8, 4) is 0 Å². The van der Waals surface area contributed by atoms with Gasteiger partial charge < -0.3 is 0 Å². The summed E-state index contributed by atoms with van der Waals surface area (Å²) >= 11 is 5.61. The third-order valence-electron chi connectivity index (χ3n) is 2.52. The Hall–Kier alpha value is -0.790. The first-order valence-electron chi connectivity index (χ1n) is 6.05. The van der Waals surface area contributed by atoms with Crippen LogP contribution in [-0.4, -0.2) is 40.5 Å². The summed E-state index contributed by atoms with van der Waals surface area (Å²) in [7, 11) is -6.96. The molecule has 0 aliphatic carbocycles. The van der Waals surface area contributed by atoms with E-state index in [2.05, 4.69) is 4.72 Å². The molecule has 5 nitrogen and oxygen atoms in total. The zero-order valence-corrected chi connectivity index (χ0v) is 13.6. The van der Waals surface area contributed by atoms with E-state index in [9.17, 15) is 16.8 Å². The Morgan fingerprint density at radius 2 is 1.85 bits per heavy atom. The highest BCUT2D eigenvalue weighted by Gasteiger charge is 2.14. The van der Waals surface area contributed by atoms with Crippen molar-refractivity contribution in [3.63, 3.8) is 0 Å². The second-order valence-corrected chi connectivity index (χ2v) is 9.02. The number of benzene rings is 1. The molecule has 0 bridgehead atoms. The van der Waals surface area contributed by atoms with Crippen molar-refractivity contribution in [1.29, 1.82) is 0 Å². The number of hydrogen-bond donors (Lipinski definition) is 1. The quantitative estimate of drug-likeness (QED) is 0.730. The van der Waals surface area contributed by atoms with Crippen LogP contribution < -0.4 is 4.72 Å². The van der Waals surface area contributed by atoms with Crippen LogP contribution in [0.3, 0.4) is 0 Å². The summed E-state index contributed by atoms with van der Waals surface area (Å²) in [4.78, 5) is 0. The fraction of sp³-hybridized carbons (Fsp3) is 0.500. The largest absolute Gasteiger partial charge is 0.284 e. The van der Waals surface area contributed by atoms with E-state index in [1.807, 2.05) is 6.07 Å². The zero-order valence-electron chi connectivity index (χ0n) is 11.2. The summed E-state index contributed by atoms with van der Waals surface area (Å²) in [5.74, 6) is -0.295. The van der Waals surface area contributed by atoms with E-state index in [0.717, 1.165) is 24.7 Å². The molecule has 0 fully saturated rings. The van der Waals surface area contributed by atoms with Crippen molar-refractivity contribution in [2.75, 3.05) is 28.4 Å². The maximum atomic E-state index is 11.8. The maximum absolute atomic E-state index is 11.8. The highest BCUT2D eigenvalue weighted by molar-refractivity contribution is 7.95. The molecule has 0 heterocycles. The summed E-state index contributed by atoms with van der Waals surface area (Å²) < 4.78 is 47.9. The summed E-state index contributed by atoms with van der Waals surface area (Å²) in [5, 5.41) is 0. The van der Waals surface area contributed by atoms with Gasteiger partial charge in [0.15, 0.2) is 0 Å². The van der Waals surface area contributed by atoms with E-state index in [-0.39, 0.29) is 0 Å². The maximum Gasteiger partial charge on any atom is 0.233 e. The molecule has 0 spiro atoms. The average Bonchev–Trinajstić information content (AvgIpc) is 2.33. The molecule has 1 N–H and O–H groups in total. The smallest absolute Gasteiger partial charge is 0.233 e. The van der Waals surface area contributed by atoms with Crippen LogP contribution in [0.4, 0.5) is 5.69 Å². The van der Waals surface area contributed by atoms with E-state index in [0.29, 0.717) is 11.6 Å². The Labute approximate surface area is 125 Å². The minimum Gasteiger partial charge on any atom is -0.284 e. The molecule has 0 amide bonds. The molecule has 0 atom stereocenters. The molecule has 1 aromatic rings. The molecule has 0 saturated heterocycles. The van der Waals surface area contributed by atoms with Crippen LogP contribution >= 0.6 is 11.6 Å². The van der Waals surface area contributed by atoms with Crippen molar-refractivity contribution in [2.45, 2.75) is 12.8 Å². The number of halogens is 1. The number of anilines is 1. The normalized spacial score (nSPS) is 12.3. The van der Waals surface area contributed by atoms with Gasteiger partial charge in [0, 0.05) is 17.8 Å². The number of aryl methyl sites for hydroxylation is 1. The van der Waals surface area contributed by atoms with Gasteiger partial charge in [0.1, 0.15) is 9.84 Å². The number of nitrogens with one attached hydrogen (secondary N) is 1. The molecule has 0 aliphatic heterocycles. The molecule has 0 unspecified atom stereocenters. The summed E-state index contributed by atoms with van der Waals surface area (Å²) in [6.07, 6.45) is 2.59. The Kier molecular flexibility index (Phi) is 6.29. The highest BCUT2D eigenvalue weighted by atomic mass is 35.5. The van der Waals surface area contributed by atoms with Crippen LogP contribution in [-0.2, 0) is 26.3 Å². The van der Waals surface area contributed by atoms with Crippen molar-refractivity contribution in [3.05, 3.63) is 29.8 Å². The van der Waals surface area contributed by atoms with Crippen LogP contribution in [0.5, 0.6) is 0 Å². The highest BCUT2D eigenvalue weighted by Crippen LogP contribution is 2.14. The molecule has 20 heavy (non-hydrogen) atoms. The van der Waals surface area contributed by atoms with E-state index in [1.54, 1.807) is 18.2 Å². The summed E-state index contributed by atoms with van der Waals surface area (Å²) in [6.45, 7) is 0. The molecular weight excluding hydrogens is 322 g/mol. The van der Waals surface area contributed by atoms with Gasteiger partial charge in [0.25, 0.3) is 0 Å². The number of hydrogen-bond acceptors (Lipinski definition) is 4. The fourth-order valence-electron chi connectivity index (χ4n) is 1.55. The Bertz CT molecular complexity index is 641. The van der Waals surface area contributed by atoms with Gasteiger partial charge in [-0.2, -0.15) is 0 Å². The molecule has 1 aromatic carbocycles. The van der Waals surface area contributed by atoms with Gasteiger partial charge in [0.05, 0.1) is 11.5 Å². The lowest BCUT2D eigenvalue weighted by atomic mass is 10.1. The lowest BCUT2D eigenvalue weighted by Crippen LogP contribution is -2.22. The third kappa shape index (κ3) is 7.12. The first-order valence-corrected chi connectivity index (χ1v) is 10.3. The first kappa shape index (κ1) is 17.3. The van der Waals surface area contributed by atoms with Gasteiger partial charge in [-0.15, -0.1) is 11.6 Å². The van der Waals surface area contributed by atoms with Crippen LogP contribution in [0, 0.1) is 0 Å². The van der Waals surface area contributed by atoms with E-state index in [4.69, 9.17) is 11.6 Å². The molecule has 8 heteroatoms. The minimum absolute atomic E-state index is 0.395. The zero-order chi connectivity index (χ0) is 15.2. The van der Waals surface area contributed by atoms with E-state index < -0.39 is 31.4 Å². The standard InChI is InChI=1S/C12H18ClNO4S2/c1-19(15,16)8-9-20(17,18)14-12-6-2-4-11(10-12)5-3-7-13/h2,4,6,10,14H,3,5,7-9H2,1H3. The predicted octanol–water partition coefficient (Wildman–Crippen LogP) is 1.64. The summed E-state index contributed by atoms with van der Waals surface area (Å²) in [5.41, 5.74) is 1.42. The SMILES string of the molecule is CS(=O)(=O)CCS(=O)(=O)Nc1cccc(CCCCl)c1.